The van der Waals surface area contributed by atoms with Gasteiger partial charge >= 0.3 is 0 Å². The normalized spacial score (nSPS) is 20.3. The van der Waals surface area contributed by atoms with Gasteiger partial charge in [0.05, 0.1) is 5.69 Å². The molecule has 1 aliphatic heterocycles. The Hall–Kier alpha value is -1.16. The van der Waals surface area contributed by atoms with Crippen molar-refractivity contribution in [2.75, 3.05) is 11.9 Å². The van der Waals surface area contributed by atoms with Gasteiger partial charge in [0.2, 0.25) is 0 Å². The van der Waals surface area contributed by atoms with E-state index in [1.165, 1.54) is 18.4 Å². The zero-order valence-corrected chi connectivity index (χ0v) is 8.08. The minimum Gasteiger partial charge on any atom is -0.366 e. The fourth-order valence-electron chi connectivity index (χ4n) is 1.76. The largest absolute Gasteiger partial charge is 0.366 e. The van der Waals surface area contributed by atoms with Crippen LogP contribution in [0.5, 0.6) is 0 Å². The van der Waals surface area contributed by atoms with Gasteiger partial charge in [0.1, 0.15) is 5.82 Å². The number of rotatable bonds is 2. The number of anilines is 1. The third kappa shape index (κ3) is 1.57. The van der Waals surface area contributed by atoms with Gasteiger partial charge in [-0.15, -0.1) is 5.10 Å². The van der Waals surface area contributed by atoms with Crippen molar-refractivity contribution < 1.29 is 0 Å². The smallest absolute Gasteiger partial charge is 0.149 e. The Bertz CT molecular complexity index is 346. The number of nitrogens with one attached hydrogen (secondary N) is 2. The summed E-state index contributed by atoms with van der Waals surface area (Å²) in [5.41, 5.74) is 2.46. The molecule has 2 aliphatic rings. The summed E-state index contributed by atoms with van der Waals surface area (Å²) in [4.78, 5) is 0. The molecule has 0 amide bonds. The van der Waals surface area contributed by atoms with Gasteiger partial charge in [-0.1, -0.05) is 0 Å². The molecule has 4 nitrogen and oxygen atoms in total. The first-order valence-corrected chi connectivity index (χ1v) is 5.24. The Morgan fingerprint density at radius 1 is 1.36 bits per heavy atom. The zero-order chi connectivity index (χ0) is 9.38. The maximum Gasteiger partial charge on any atom is 0.149 e. The van der Waals surface area contributed by atoms with Crippen molar-refractivity contribution in [2.45, 2.75) is 31.8 Å². The number of aromatic nitrogens is 2. The Morgan fingerprint density at radius 3 is 3.14 bits per heavy atom. The van der Waals surface area contributed by atoms with E-state index in [0.717, 1.165) is 31.0 Å². The van der Waals surface area contributed by atoms with Gasteiger partial charge in [0, 0.05) is 25.6 Å². The summed E-state index contributed by atoms with van der Waals surface area (Å²) in [6.45, 7) is 1.96. The summed E-state index contributed by atoms with van der Waals surface area (Å²) in [6, 6.07) is 2.78. The van der Waals surface area contributed by atoms with Crippen LogP contribution in [0.2, 0.25) is 0 Å². The molecule has 0 spiro atoms. The second-order valence-electron chi connectivity index (χ2n) is 4.05. The highest BCUT2D eigenvalue weighted by molar-refractivity contribution is 5.40. The first-order chi connectivity index (χ1) is 6.92. The second kappa shape index (κ2) is 3.20. The molecule has 0 saturated heterocycles. The summed E-state index contributed by atoms with van der Waals surface area (Å²) in [6.07, 6.45) is 3.56. The summed E-state index contributed by atoms with van der Waals surface area (Å²) >= 11 is 0. The molecule has 4 heteroatoms. The van der Waals surface area contributed by atoms with Gasteiger partial charge in [-0.2, -0.15) is 5.10 Å². The average molecular weight is 190 g/mol. The maximum absolute atomic E-state index is 4.25. The first kappa shape index (κ1) is 8.17. The van der Waals surface area contributed by atoms with Crippen LogP contribution in [0.3, 0.4) is 0 Å². The molecule has 0 unspecified atom stereocenters. The van der Waals surface area contributed by atoms with Crippen LogP contribution in [-0.2, 0) is 13.0 Å². The summed E-state index contributed by atoms with van der Waals surface area (Å²) < 4.78 is 0. The predicted octanol–water partition coefficient (Wildman–Crippen LogP) is 0.697. The molecule has 0 aromatic carbocycles. The molecule has 14 heavy (non-hydrogen) atoms. The number of nitrogens with zero attached hydrogens (tertiary/aromatic N) is 2. The predicted molar refractivity (Wildman–Crippen MR) is 54.1 cm³/mol. The van der Waals surface area contributed by atoms with Gasteiger partial charge in [-0.05, 0) is 24.5 Å². The second-order valence-corrected chi connectivity index (χ2v) is 4.05. The van der Waals surface area contributed by atoms with Crippen LogP contribution in [0.1, 0.15) is 24.1 Å². The zero-order valence-electron chi connectivity index (χ0n) is 8.08. The van der Waals surface area contributed by atoms with Crippen molar-refractivity contribution in [3.8, 4) is 0 Å². The van der Waals surface area contributed by atoms with E-state index < -0.39 is 0 Å². The Labute approximate surface area is 83.1 Å². The lowest BCUT2D eigenvalue weighted by atomic mass is 10.1. The van der Waals surface area contributed by atoms with Gasteiger partial charge < -0.3 is 10.6 Å². The molecule has 1 saturated carbocycles. The summed E-state index contributed by atoms with van der Waals surface area (Å²) in [5.74, 6) is 0.940. The van der Waals surface area contributed by atoms with Gasteiger partial charge in [-0.25, -0.2) is 0 Å². The summed E-state index contributed by atoms with van der Waals surface area (Å²) in [7, 11) is 0. The van der Waals surface area contributed by atoms with Crippen LogP contribution < -0.4 is 10.6 Å². The third-order valence-corrected chi connectivity index (χ3v) is 2.74. The monoisotopic (exact) mass is 190 g/mol. The highest BCUT2D eigenvalue weighted by Crippen LogP contribution is 2.24. The van der Waals surface area contributed by atoms with Crippen LogP contribution in [0.4, 0.5) is 5.82 Å². The third-order valence-electron chi connectivity index (χ3n) is 2.74. The van der Waals surface area contributed by atoms with Crippen LogP contribution in [-0.4, -0.2) is 22.8 Å². The summed E-state index contributed by atoms with van der Waals surface area (Å²) in [5, 5.41) is 15.1. The van der Waals surface area contributed by atoms with Crippen molar-refractivity contribution in [3.63, 3.8) is 0 Å². The van der Waals surface area contributed by atoms with Crippen molar-refractivity contribution in [1.29, 1.82) is 0 Å². The molecule has 0 atom stereocenters. The Morgan fingerprint density at radius 2 is 2.29 bits per heavy atom. The van der Waals surface area contributed by atoms with E-state index in [0.29, 0.717) is 6.04 Å². The highest BCUT2D eigenvalue weighted by atomic mass is 15.2. The van der Waals surface area contributed by atoms with Crippen molar-refractivity contribution in [1.82, 2.24) is 15.5 Å². The van der Waals surface area contributed by atoms with Gasteiger partial charge in [0.15, 0.2) is 0 Å². The molecule has 2 N–H and O–H groups in total. The molecule has 74 valence electrons. The lowest BCUT2D eigenvalue weighted by Gasteiger charge is -2.16. The van der Waals surface area contributed by atoms with Crippen molar-refractivity contribution in [3.05, 3.63) is 17.3 Å². The van der Waals surface area contributed by atoms with Crippen molar-refractivity contribution >= 4 is 5.82 Å². The molecular weight excluding hydrogens is 176 g/mol. The molecule has 1 aromatic heterocycles. The topological polar surface area (TPSA) is 49.8 Å². The average Bonchev–Trinajstić information content (AvgIpc) is 3.02. The molecular formula is C10H14N4. The fraction of sp³-hybridized carbons (Fsp3) is 0.600. The molecule has 0 radical (unpaired) electrons. The van der Waals surface area contributed by atoms with Crippen LogP contribution >= 0.6 is 0 Å². The van der Waals surface area contributed by atoms with E-state index >= 15 is 0 Å². The molecule has 0 bridgehead atoms. The molecule has 1 aromatic rings. The van der Waals surface area contributed by atoms with E-state index in [4.69, 9.17) is 0 Å². The molecule has 1 fully saturated rings. The molecule has 2 heterocycles. The fourth-order valence-corrected chi connectivity index (χ4v) is 1.76. The van der Waals surface area contributed by atoms with Gasteiger partial charge in [0.25, 0.3) is 0 Å². The Kier molecular flexibility index (Phi) is 1.87. The van der Waals surface area contributed by atoms with Crippen LogP contribution in [0.25, 0.3) is 0 Å². The highest BCUT2D eigenvalue weighted by Gasteiger charge is 2.22. The maximum atomic E-state index is 4.25. The quantitative estimate of drug-likeness (QED) is 0.720. The minimum absolute atomic E-state index is 0.652. The lowest BCUT2D eigenvalue weighted by Crippen LogP contribution is -2.25. The van der Waals surface area contributed by atoms with Gasteiger partial charge in [-0.3, -0.25) is 0 Å². The van der Waals surface area contributed by atoms with Crippen molar-refractivity contribution in [2.24, 2.45) is 0 Å². The standard InChI is InChI=1S/C10H14N4/c1-2-8(1)12-10-5-7-6-11-4-3-9(7)13-14-10/h5,8,11H,1-4,6H2,(H,12,14). The van der Waals surface area contributed by atoms with E-state index in [1.54, 1.807) is 0 Å². The van der Waals surface area contributed by atoms with E-state index in [1.807, 2.05) is 0 Å². The molecule has 3 rings (SSSR count). The van der Waals surface area contributed by atoms with E-state index in [2.05, 4.69) is 26.9 Å². The van der Waals surface area contributed by atoms with E-state index in [9.17, 15) is 0 Å². The minimum atomic E-state index is 0.652. The lowest BCUT2D eigenvalue weighted by molar-refractivity contribution is 0.621. The molecule has 1 aliphatic carbocycles. The number of hydrogen-bond acceptors (Lipinski definition) is 4. The Balaban J connectivity index is 1.84. The van der Waals surface area contributed by atoms with E-state index in [-0.39, 0.29) is 0 Å². The number of hydrogen-bond donors (Lipinski definition) is 2. The first-order valence-electron chi connectivity index (χ1n) is 5.24. The van der Waals surface area contributed by atoms with Crippen LogP contribution in [0.15, 0.2) is 6.07 Å². The van der Waals surface area contributed by atoms with Crippen LogP contribution in [0, 0.1) is 0 Å². The number of fused-ring (bicyclic) bond motifs is 1. The SMILES string of the molecule is c1c(NC2CC2)nnc2c1CNCC2.